The Hall–Kier alpha value is -2.12. The summed E-state index contributed by atoms with van der Waals surface area (Å²) in [5, 5.41) is 14.2. The van der Waals surface area contributed by atoms with Gasteiger partial charge in [0, 0.05) is 0 Å². The molecule has 0 saturated carbocycles. The lowest BCUT2D eigenvalue weighted by Gasteiger charge is -2.12. The van der Waals surface area contributed by atoms with E-state index < -0.39 is 6.10 Å². The highest BCUT2D eigenvalue weighted by atomic mass is 16.7. The number of fused-ring (bicyclic) bond motifs is 1. The fourth-order valence-corrected chi connectivity index (χ4v) is 2.33. The van der Waals surface area contributed by atoms with E-state index in [4.69, 9.17) is 14.2 Å². The fraction of sp³-hybridized carbons (Fsp3) is 0.467. The van der Waals surface area contributed by atoms with Crippen LogP contribution in [0.4, 0.5) is 0 Å². The summed E-state index contributed by atoms with van der Waals surface area (Å²) in [5.74, 6) is 2.97. The Bertz CT molecular complexity index is 656. The largest absolute Gasteiger partial charge is 0.454 e. The van der Waals surface area contributed by atoms with E-state index in [0.717, 1.165) is 22.9 Å². The van der Waals surface area contributed by atoms with Crippen molar-refractivity contribution in [3.8, 4) is 11.5 Å². The lowest BCUT2D eigenvalue weighted by atomic mass is 10.2. The normalized spacial score (nSPS) is 14.3. The zero-order valence-corrected chi connectivity index (χ0v) is 12.7. The number of hydrogen-bond donors (Lipinski definition) is 1. The lowest BCUT2D eigenvalue weighted by molar-refractivity contribution is 0.0183. The van der Waals surface area contributed by atoms with Crippen molar-refractivity contribution in [2.45, 2.75) is 33.1 Å². The maximum absolute atomic E-state index is 10.0. The summed E-state index contributed by atoms with van der Waals surface area (Å²) in [7, 11) is 0. The van der Waals surface area contributed by atoms with Crippen molar-refractivity contribution in [2.75, 3.05) is 13.4 Å². The molecule has 7 heteroatoms. The van der Waals surface area contributed by atoms with Crippen LogP contribution in [0.2, 0.25) is 0 Å². The zero-order valence-electron chi connectivity index (χ0n) is 12.7. The quantitative estimate of drug-likeness (QED) is 0.864. The average Bonchev–Trinajstić information content (AvgIpc) is 3.05. The van der Waals surface area contributed by atoms with Crippen molar-refractivity contribution in [3.05, 3.63) is 35.4 Å². The van der Waals surface area contributed by atoms with Crippen molar-refractivity contribution < 1.29 is 19.3 Å². The second kappa shape index (κ2) is 6.33. The Morgan fingerprint density at radius 1 is 1.32 bits per heavy atom. The number of aliphatic hydroxyl groups is 1. The van der Waals surface area contributed by atoms with E-state index >= 15 is 0 Å². The van der Waals surface area contributed by atoms with Crippen LogP contribution in [-0.4, -0.2) is 39.4 Å². The Labute approximate surface area is 128 Å². The van der Waals surface area contributed by atoms with Gasteiger partial charge in [-0.05, 0) is 31.5 Å². The maximum atomic E-state index is 10.0. The number of hydrogen-bond acceptors (Lipinski definition) is 6. The molecular formula is C15H19N3O4. The first-order valence-corrected chi connectivity index (χ1v) is 7.14. The molecule has 118 valence electrons. The van der Waals surface area contributed by atoms with E-state index in [0.29, 0.717) is 19.0 Å². The molecule has 0 bridgehead atoms. The van der Waals surface area contributed by atoms with Crippen LogP contribution in [0.3, 0.4) is 0 Å². The third-order valence-electron chi connectivity index (χ3n) is 3.36. The number of benzene rings is 1. The molecule has 1 N–H and O–H groups in total. The lowest BCUT2D eigenvalue weighted by Crippen LogP contribution is -2.23. The number of ether oxygens (including phenoxy) is 3. The van der Waals surface area contributed by atoms with E-state index in [9.17, 15) is 5.11 Å². The first-order valence-electron chi connectivity index (χ1n) is 7.14. The predicted octanol–water partition coefficient (Wildman–Crippen LogP) is 1.20. The molecule has 1 aliphatic rings. The molecule has 0 amide bonds. The van der Waals surface area contributed by atoms with Gasteiger partial charge in [-0.25, -0.2) is 9.67 Å². The van der Waals surface area contributed by atoms with Crippen LogP contribution >= 0.6 is 0 Å². The van der Waals surface area contributed by atoms with Gasteiger partial charge in [-0.2, -0.15) is 5.10 Å². The minimum Gasteiger partial charge on any atom is -0.454 e. The van der Waals surface area contributed by atoms with Gasteiger partial charge < -0.3 is 19.3 Å². The van der Waals surface area contributed by atoms with Crippen molar-refractivity contribution in [3.63, 3.8) is 0 Å². The summed E-state index contributed by atoms with van der Waals surface area (Å²) in [6.45, 7) is 4.95. The number of rotatable bonds is 6. The molecule has 22 heavy (non-hydrogen) atoms. The highest BCUT2D eigenvalue weighted by Crippen LogP contribution is 2.32. The first-order chi connectivity index (χ1) is 10.6. The molecule has 0 spiro atoms. The summed E-state index contributed by atoms with van der Waals surface area (Å²) < 4.78 is 17.8. The number of aliphatic hydroxyl groups excluding tert-OH is 1. The average molecular weight is 305 g/mol. The summed E-state index contributed by atoms with van der Waals surface area (Å²) >= 11 is 0. The molecule has 7 nitrogen and oxygen atoms in total. The molecule has 0 saturated heterocycles. The Kier molecular flexibility index (Phi) is 4.26. The van der Waals surface area contributed by atoms with Gasteiger partial charge in [0.2, 0.25) is 6.79 Å². The summed E-state index contributed by atoms with van der Waals surface area (Å²) in [6, 6.07) is 5.67. The van der Waals surface area contributed by atoms with E-state index in [1.807, 2.05) is 32.0 Å². The molecule has 3 rings (SSSR count). The Morgan fingerprint density at radius 3 is 2.91 bits per heavy atom. The summed E-state index contributed by atoms with van der Waals surface area (Å²) in [5.41, 5.74) is 0.976. The molecule has 0 unspecified atom stereocenters. The maximum Gasteiger partial charge on any atom is 0.231 e. The SMILES string of the molecule is Cc1nc(C)n(C[C@H](O)COCc2ccc3c(c2)OCO3)n1. The summed E-state index contributed by atoms with van der Waals surface area (Å²) in [6.07, 6.45) is -0.631. The monoisotopic (exact) mass is 305 g/mol. The van der Waals surface area contributed by atoms with Crippen LogP contribution in [0, 0.1) is 13.8 Å². The third kappa shape index (κ3) is 3.37. The predicted molar refractivity (Wildman–Crippen MR) is 77.7 cm³/mol. The minimum atomic E-state index is -0.631. The summed E-state index contributed by atoms with van der Waals surface area (Å²) in [4.78, 5) is 4.20. The van der Waals surface area contributed by atoms with E-state index in [-0.39, 0.29) is 13.4 Å². The minimum absolute atomic E-state index is 0.229. The van der Waals surface area contributed by atoms with Crippen LogP contribution in [0.15, 0.2) is 18.2 Å². The van der Waals surface area contributed by atoms with E-state index in [1.54, 1.807) is 4.68 Å². The van der Waals surface area contributed by atoms with Crippen molar-refractivity contribution >= 4 is 0 Å². The molecule has 0 radical (unpaired) electrons. The molecule has 1 atom stereocenters. The van der Waals surface area contributed by atoms with Gasteiger partial charge in [-0.1, -0.05) is 6.07 Å². The van der Waals surface area contributed by atoms with Crippen molar-refractivity contribution in [2.24, 2.45) is 0 Å². The third-order valence-corrected chi connectivity index (χ3v) is 3.36. The number of aryl methyl sites for hydroxylation is 2. The standard InChI is InChI=1S/C15H19N3O4/c1-10-16-11(2)18(17-10)6-13(19)8-20-7-12-3-4-14-15(5-12)22-9-21-14/h3-5,13,19H,6-9H2,1-2H3/t13-/m0/s1. The van der Waals surface area contributed by atoms with E-state index in [1.165, 1.54) is 0 Å². The van der Waals surface area contributed by atoms with E-state index in [2.05, 4.69) is 10.1 Å². The molecule has 1 aromatic carbocycles. The van der Waals surface area contributed by atoms with Gasteiger partial charge in [-0.15, -0.1) is 0 Å². The van der Waals surface area contributed by atoms with Gasteiger partial charge in [-0.3, -0.25) is 0 Å². The van der Waals surface area contributed by atoms with Crippen LogP contribution in [0.1, 0.15) is 17.2 Å². The Balaban J connectivity index is 1.47. The number of nitrogens with zero attached hydrogens (tertiary/aromatic N) is 3. The molecule has 2 aromatic rings. The first kappa shape index (κ1) is 14.8. The van der Waals surface area contributed by atoms with Gasteiger partial charge in [0.05, 0.1) is 25.9 Å². The smallest absolute Gasteiger partial charge is 0.231 e. The highest BCUT2D eigenvalue weighted by molar-refractivity contribution is 5.44. The van der Waals surface area contributed by atoms with Crippen molar-refractivity contribution in [1.82, 2.24) is 14.8 Å². The van der Waals surface area contributed by atoms with Crippen molar-refractivity contribution in [1.29, 1.82) is 0 Å². The highest BCUT2D eigenvalue weighted by Gasteiger charge is 2.14. The van der Waals surface area contributed by atoms with Crippen LogP contribution in [-0.2, 0) is 17.9 Å². The second-order valence-electron chi connectivity index (χ2n) is 5.24. The van der Waals surface area contributed by atoms with Crippen LogP contribution in [0.25, 0.3) is 0 Å². The van der Waals surface area contributed by atoms with Gasteiger partial charge >= 0.3 is 0 Å². The molecule has 1 aromatic heterocycles. The number of aromatic nitrogens is 3. The zero-order chi connectivity index (χ0) is 15.5. The topological polar surface area (TPSA) is 78.6 Å². The van der Waals surface area contributed by atoms with Crippen LogP contribution < -0.4 is 9.47 Å². The van der Waals surface area contributed by atoms with Gasteiger partial charge in [0.1, 0.15) is 11.6 Å². The molecule has 0 aliphatic carbocycles. The molecule has 0 fully saturated rings. The van der Waals surface area contributed by atoms with Gasteiger partial charge in [0.25, 0.3) is 0 Å². The Morgan fingerprint density at radius 2 is 2.14 bits per heavy atom. The molecule has 2 heterocycles. The van der Waals surface area contributed by atoms with Crippen LogP contribution in [0.5, 0.6) is 11.5 Å². The molecule has 1 aliphatic heterocycles. The fourth-order valence-electron chi connectivity index (χ4n) is 2.33. The van der Waals surface area contributed by atoms with Gasteiger partial charge in [0.15, 0.2) is 11.5 Å². The molecular weight excluding hydrogens is 286 g/mol. The second-order valence-corrected chi connectivity index (χ2v) is 5.24.